The number of aliphatic hydroxyl groups is 1. The van der Waals surface area contributed by atoms with E-state index in [-0.39, 0.29) is 18.9 Å². The third kappa shape index (κ3) is 2.88. The Morgan fingerprint density at radius 1 is 1.79 bits per heavy atom. The van der Waals surface area contributed by atoms with Crippen molar-refractivity contribution in [1.29, 1.82) is 5.41 Å². The van der Waals surface area contributed by atoms with Gasteiger partial charge in [-0.2, -0.15) is 0 Å². The summed E-state index contributed by atoms with van der Waals surface area (Å²) >= 11 is 0. The Kier molecular flexibility index (Phi) is 3.76. The van der Waals surface area contributed by atoms with Gasteiger partial charge in [0, 0.05) is 6.42 Å². The van der Waals surface area contributed by atoms with Crippen LogP contribution in [0.25, 0.3) is 0 Å². The van der Waals surface area contributed by atoms with E-state index >= 15 is 0 Å². The summed E-state index contributed by atoms with van der Waals surface area (Å²) in [5.41, 5.74) is 5.32. The summed E-state index contributed by atoms with van der Waals surface area (Å²) in [5, 5.41) is 17.9. The molecule has 1 aliphatic heterocycles. The first-order chi connectivity index (χ1) is 9.01. The van der Waals surface area contributed by atoms with Crippen LogP contribution in [0.1, 0.15) is 28.8 Å². The smallest absolute Gasteiger partial charge is 0.293 e. The summed E-state index contributed by atoms with van der Waals surface area (Å²) in [6.07, 6.45) is -1.34. The zero-order valence-corrected chi connectivity index (χ0v) is 9.89. The quantitative estimate of drug-likeness (QED) is 0.362. The number of aromatic amines is 1. The molecule has 9 heteroatoms. The Bertz CT molecular complexity index is 491. The van der Waals surface area contributed by atoms with Crippen molar-refractivity contribution in [2.24, 2.45) is 5.73 Å². The van der Waals surface area contributed by atoms with Gasteiger partial charge in [-0.15, -0.1) is 0 Å². The molecule has 1 amide bonds. The minimum atomic E-state index is -1.28. The van der Waals surface area contributed by atoms with E-state index in [2.05, 4.69) is 9.97 Å². The highest BCUT2D eigenvalue weighted by molar-refractivity contribution is 6.02. The summed E-state index contributed by atoms with van der Waals surface area (Å²) in [5.74, 6) is -1.29. The molecule has 1 unspecified atom stereocenters. The number of carbonyl (C=O) groups excluding carboxylic acids is 1. The number of nitrogens with one attached hydrogen (secondary N) is 3. The standard InChI is InChI=1S/C10H14FN5O3/c11-5-1-4(3-17)19-7(5)6-2-14-8(15-6)9(18)16-10(12)13/h2,4-5,7,17H,1,3H2,(H,14,15)(H4,12,13,16,18)/t4-,5+,7?/m0/s1. The molecule has 2 heterocycles. The molecule has 1 fully saturated rings. The number of aliphatic hydroxyl groups excluding tert-OH is 1. The first-order valence-corrected chi connectivity index (χ1v) is 5.62. The van der Waals surface area contributed by atoms with Crippen LogP contribution < -0.4 is 11.1 Å². The lowest BCUT2D eigenvalue weighted by molar-refractivity contribution is -0.00107. The third-order valence-electron chi connectivity index (χ3n) is 2.72. The molecule has 1 saturated heterocycles. The molecule has 1 aromatic heterocycles. The van der Waals surface area contributed by atoms with Gasteiger partial charge >= 0.3 is 0 Å². The number of nitrogens with two attached hydrogens (primary N) is 1. The lowest BCUT2D eigenvalue weighted by Crippen LogP contribution is -2.36. The SMILES string of the molecule is N=C(N)NC(=O)c1ncc(C2O[C@H](CO)C[C@H]2F)[nH]1. The molecule has 0 spiro atoms. The monoisotopic (exact) mass is 271 g/mol. The molecule has 0 saturated carbocycles. The first-order valence-electron chi connectivity index (χ1n) is 5.62. The lowest BCUT2D eigenvalue weighted by Gasteiger charge is -2.10. The number of ether oxygens (including phenoxy) is 1. The van der Waals surface area contributed by atoms with Gasteiger partial charge in [0.1, 0.15) is 12.3 Å². The molecular weight excluding hydrogens is 257 g/mol. The third-order valence-corrected chi connectivity index (χ3v) is 2.72. The largest absolute Gasteiger partial charge is 0.394 e. The van der Waals surface area contributed by atoms with E-state index in [4.69, 9.17) is 21.0 Å². The van der Waals surface area contributed by atoms with Gasteiger partial charge in [-0.25, -0.2) is 9.37 Å². The Balaban J connectivity index is 2.09. The number of rotatable bonds is 3. The average Bonchev–Trinajstić information content (AvgIpc) is 2.94. The van der Waals surface area contributed by atoms with Crippen molar-refractivity contribution in [2.75, 3.05) is 6.61 Å². The normalized spacial score (nSPS) is 26.3. The first kappa shape index (κ1) is 13.4. The molecule has 0 aromatic carbocycles. The van der Waals surface area contributed by atoms with Crippen LogP contribution in [0.15, 0.2) is 6.20 Å². The molecule has 3 atom stereocenters. The minimum Gasteiger partial charge on any atom is -0.394 e. The van der Waals surface area contributed by atoms with E-state index in [1.54, 1.807) is 0 Å². The summed E-state index contributed by atoms with van der Waals surface area (Å²) in [7, 11) is 0. The van der Waals surface area contributed by atoms with Gasteiger partial charge in [0.05, 0.1) is 24.6 Å². The number of guanidine groups is 1. The molecule has 2 rings (SSSR count). The van der Waals surface area contributed by atoms with Crippen molar-refractivity contribution in [3.8, 4) is 0 Å². The van der Waals surface area contributed by atoms with Gasteiger partial charge in [-0.05, 0) is 0 Å². The van der Waals surface area contributed by atoms with Crippen molar-refractivity contribution in [1.82, 2.24) is 15.3 Å². The van der Waals surface area contributed by atoms with Gasteiger partial charge < -0.3 is 20.6 Å². The topological polar surface area (TPSA) is 137 Å². The molecule has 8 nitrogen and oxygen atoms in total. The Morgan fingerprint density at radius 2 is 2.53 bits per heavy atom. The zero-order valence-electron chi connectivity index (χ0n) is 9.89. The lowest BCUT2D eigenvalue weighted by atomic mass is 10.1. The average molecular weight is 271 g/mol. The fourth-order valence-electron chi connectivity index (χ4n) is 1.89. The number of carbonyl (C=O) groups is 1. The molecule has 1 aliphatic rings. The number of H-pyrrole nitrogens is 1. The van der Waals surface area contributed by atoms with E-state index in [1.807, 2.05) is 5.32 Å². The second-order valence-corrected chi connectivity index (χ2v) is 4.17. The number of aromatic nitrogens is 2. The molecule has 1 aromatic rings. The highest BCUT2D eigenvalue weighted by Crippen LogP contribution is 2.34. The van der Waals surface area contributed by atoms with E-state index in [9.17, 15) is 9.18 Å². The van der Waals surface area contributed by atoms with Crippen molar-refractivity contribution in [3.63, 3.8) is 0 Å². The zero-order chi connectivity index (χ0) is 14.0. The van der Waals surface area contributed by atoms with Gasteiger partial charge in [0.25, 0.3) is 5.91 Å². The van der Waals surface area contributed by atoms with Gasteiger partial charge in [0.15, 0.2) is 11.8 Å². The highest BCUT2D eigenvalue weighted by Gasteiger charge is 2.37. The van der Waals surface area contributed by atoms with Crippen LogP contribution in [0.2, 0.25) is 0 Å². The maximum atomic E-state index is 13.7. The number of hydrogen-bond donors (Lipinski definition) is 5. The van der Waals surface area contributed by atoms with Crippen LogP contribution in [-0.4, -0.2) is 45.8 Å². The van der Waals surface area contributed by atoms with Crippen molar-refractivity contribution in [3.05, 3.63) is 17.7 Å². The summed E-state index contributed by atoms with van der Waals surface area (Å²) < 4.78 is 19.0. The van der Waals surface area contributed by atoms with E-state index in [1.165, 1.54) is 6.20 Å². The Labute approximate surface area is 107 Å². The summed E-state index contributed by atoms with van der Waals surface area (Å²) in [6.45, 7) is -0.261. The minimum absolute atomic E-state index is 0.0894. The van der Waals surface area contributed by atoms with Crippen LogP contribution >= 0.6 is 0 Å². The maximum absolute atomic E-state index is 13.7. The highest BCUT2D eigenvalue weighted by atomic mass is 19.1. The summed E-state index contributed by atoms with van der Waals surface area (Å²) in [6, 6.07) is 0. The number of halogens is 1. The molecular formula is C10H14FN5O3. The van der Waals surface area contributed by atoms with Crippen LogP contribution in [0.3, 0.4) is 0 Å². The van der Waals surface area contributed by atoms with Crippen LogP contribution in [0.4, 0.5) is 4.39 Å². The molecule has 0 aliphatic carbocycles. The predicted molar refractivity (Wildman–Crippen MR) is 62.2 cm³/mol. The fraction of sp³-hybridized carbons (Fsp3) is 0.500. The molecule has 0 bridgehead atoms. The number of imidazole rings is 1. The van der Waals surface area contributed by atoms with Gasteiger partial charge in [-0.1, -0.05) is 0 Å². The Hall–Kier alpha value is -2.00. The van der Waals surface area contributed by atoms with E-state index in [0.29, 0.717) is 5.69 Å². The number of nitrogens with zero attached hydrogens (tertiary/aromatic N) is 1. The molecule has 0 radical (unpaired) electrons. The van der Waals surface area contributed by atoms with Crippen LogP contribution in [0.5, 0.6) is 0 Å². The maximum Gasteiger partial charge on any atom is 0.293 e. The Morgan fingerprint density at radius 3 is 3.11 bits per heavy atom. The van der Waals surface area contributed by atoms with Gasteiger partial charge in [0.2, 0.25) is 0 Å². The second kappa shape index (κ2) is 5.33. The number of amides is 1. The molecule has 6 N–H and O–H groups in total. The van der Waals surface area contributed by atoms with Crippen molar-refractivity contribution >= 4 is 11.9 Å². The van der Waals surface area contributed by atoms with Crippen LogP contribution in [-0.2, 0) is 4.74 Å². The van der Waals surface area contributed by atoms with Crippen LogP contribution in [0, 0.1) is 5.41 Å². The van der Waals surface area contributed by atoms with Gasteiger partial charge in [-0.3, -0.25) is 15.5 Å². The van der Waals surface area contributed by atoms with Crippen molar-refractivity contribution in [2.45, 2.75) is 24.8 Å². The van der Waals surface area contributed by atoms with E-state index < -0.39 is 30.2 Å². The van der Waals surface area contributed by atoms with E-state index in [0.717, 1.165) is 0 Å². The second-order valence-electron chi connectivity index (χ2n) is 4.17. The van der Waals surface area contributed by atoms with Crippen molar-refractivity contribution < 1.29 is 19.0 Å². The number of alkyl halides is 1. The predicted octanol–water partition coefficient (Wildman–Crippen LogP) is -0.807. The summed E-state index contributed by atoms with van der Waals surface area (Å²) in [4.78, 5) is 17.9. The molecule has 19 heavy (non-hydrogen) atoms. The molecule has 104 valence electrons. The number of hydrogen-bond acceptors (Lipinski definition) is 5. The fourth-order valence-corrected chi connectivity index (χ4v) is 1.89.